The largest absolute Gasteiger partial charge is 0.316 e. The third-order valence-corrected chi connectivity index (χ3v) is 2.63. The van der Waals surface area contributed by atoms with Crippen LogP contribution in [0.5, 0.6) is 0 Å². The van der Waals surface area contributed by atoms with E-state index in [9.17, 15) is 0 Å². The summed E-state index contributed by atoms with van der Waals surface area (Å²) in [6, 6.07) is 0. The van der Waals surface area contributed by atoms with E-state index in [4.69, 9.17) is 0 Å². The van der Waals surface area contributed by atoms with Gasteiger partial charge in [0.1, 0.15) is 0 Å². The van der Waals surface area contributed by atoms with Crippen LogP contribution in [0.2, 0.25) is 0 Å². The summed E-state index contributed by atoms with van der Waals surface area (Å²) < 4.78 is 0. The summed E-state index contributed by atoms with van der Waals surface area (Å²) in [4.78, 5) is 0. The van der Waals surface area contributed by atoms with Gasteiger partial charge in [0.15, 0.2) is 0 Å². The van der Waals surface area contributed by atoms with Gasteiger partial charge in [-0.25, -0.2) is 0 Å². The molecular weight excluding hydrogens is 158 g/mol. The summed E-state index contributed by atoms with van der Waals surface area (Å²) in [7, 11) is 0. The van der Waals surface area contributed by atoms with Crippen LogP contribution in [0.15, 0.2) is 11.6 Å². The van der Waals surface area contributed by atoms with Gasteiger partial charge in [0.05, 0.1) is 0 Å². The van der Waals surface area contributed by atoms with Crippen molar-refractivity contribution in [3.8, 4) is 11.8 Å². The summed E-state index contributed by atoms with van der Waals surface area (Å²) >= 11 is 0. The molecule has 1 fully saturated rings. The first-order valence-electron chi connectivity index (χ1n) is 4.96. The molecule has 1 N–H and O–H groups in total. The van der Waals surface area contributed by atoms with Crippen LogP contribution in [0.25, 0.3) is 0 Å². The third-order valence-electron chi connectivity index (χ3n) is 2.63. The predicted molar refractivity (Wildman–Crippen MR) is 57.4 cm³/mol. The molecule has 1 rings (SSSR count). The summed E-state index contributed by atoms with van der Waals surface area (Å²) in [5.74, 6) is 6.01. The van der Waals surface area contributed by atoms with Crippen LogP contribution >= 0.6 is 0 Å². The van der Waals surface area contributed by atoms with E-state index in [1.807, 2.05) is 6.92 Å². The van der Waals surface area contributed by atoms with Crippen LogP contribution in [-0.4, -0.2) is 13.1 Å². The molecule has 0 unspecified atom stereocenters. The van der Waals surface area contributed by atoms with Crippen molar-refractivity contribution in [1.29, 1.82) is 0 Å². The second-order valence-corrected chi connectivity index (χ2v) is 4.17. The highest BCUT2D eigenvalue weighted by Gasteiger charge is 2.25. The fourth-order valence-electron chi connectivity index (χ4n) is 1.73. The smallest absolute Gasteiger partial charge is 0.0272 e. The topological polar surface area (TPSA) is 12.0 Å². The Morgan fingerprint density at radius 1 is 1.54 bits per heavy atom. The molecule has 1 heteroatoms. The van der Waals surface area contributed by atoms with Crippen LogP contribution in [0.3, 0.4) is 0 Å². The Kier molecular flexibility index (Phi) is 3.57. The molecule has 0 aromatic heterocycles. The van der Waals surface area contributed by atoms with E-state index in [-0.39, 0.29) is 0 Å². The average molecular weight is 177 g/mol. The lowest BCUT2D eigenvalue weighted by molar-refractivity contribution is 0.356. The van der Waals surface area contributed by atoms with Crippen LogP contribution in [0, 0.1) is 17.3 Å². The maximum atomic E-state index is 3.42. The third kappa shape index (κ3) is 2.90. The summed E-state index contributed by atoms with van der Waals surface area (Å²) in [5, 5.41) is 3.42. The number of allylic oxidation sites excluding steroid dienone is 1. The van der Waals surface area contributed by atoms with E-state index < -0.39 is 0 Å². The highest BCUT2D eigenvalue weighted by molar-refractivity contribution is 5.18. The number of hydrogen-bond acceptors (Lipinski definition) is 1. The number of rotatable bonds is 1. The van der Waals surface area contributed by atoms with Crippen molar-refractivity contribution in [3.05, 3.63) is 11.6 Å². The molecule has 13 heavy (non-hydrogen) atoms. The minimum atomic E-state index is 0.327. The Labute approximate surface area is 81.6 Å². The van der Waals surface area contributed by atoms with Gasteiger partial charge in [0, 0.05) is 13.0 Å². The SMILES string of the molecule is CC#CC/C=C1/CCNCC1(C)C. The number of hydrogen-bond donors (Lipinski definition) is 1. The van der Waals surface area contributed by atoms with Crippen LogP contribution in [0.4, 0.5) is 0 Å². The first-order chi connectivity index (χ1) is 6.17. The zero-order valence-corrected chi connectivity index (χ0v) is 8.91. The van der Waals surface area contributed by atoms with Gasteiger partial charge in [-0.1, -0.05) is 31.4 Å². The van der Waals surface area contributed by atoms with E-state index in [2.05, 4.69) is 37.1 Å². The molecule has 0 aromatic carbocycles. The Balaban J connectivity index is 2.63. The number of piperidine rings is 1. The van der Waals surface area contributed by atoms with Crippen molar-refractivity contribution in [2.75, 3.05) is 13.1 Å². The normalized spacial score (nSPS) is 23.8. The van der Waals surface area contributed by atoms with Gasteiger partial charge in [-0.3, -0.25) is 0 Å². The molecule has 0 amide bonds. The van der Waals surface area contributed by atoms with E-state index in [0.29, 0.717) is 5.41 Å². The first kappa shape index (κ1) is 10.3. The van der Waals surface area contributed by atoms with Crippen molar-refractivity contribution in [1.82, 2.24) is 5.32 Å². The molecule has 1 saturated heterocycles. The van der Waals surface area contributed by atoms with E-state index in [1.54, 1.807) is 5.57 Å². The lowest BCUT2D eigenvalue weighted by Gasteiger charge is -2.33. The van der Waals surface area contributed by atoms with Crippen molar-refractivity contribution >= 4 is 0 Å². The van der Waals surface area contributed by atoms with Gasteiger partial charge in [-0.05, 0) is 25.3 Å². The molecule has 0 bridgehead atoms. The lowest BCUT2D eigenvalue weighted by atomic mass is 9.79. The monoisotopic (exact) mass is 177 g/mol. The van der Waals surface area contributed by atoms with Crippen LogP contribution in [-0.2, 0) is 0 Å². The van der Waals surface area contributed by atoms with E-state index in [1.165, 1.54) is 6.42 Å². The van der Waals surface area contributed by atoms with Gasteiger partial charge < -0.3 is 5.32 Å². The quantitative estimate of drug-likeness (QED) is 0.479. The minimum Gasteiger partial charge on any atom is -0.316 e. The highest BCUT2D eigenvalue weighted by Crippen LogP contribution is 2.30. The zero-order valence-electron chi connectivity index (χ0n) is 8.91. The van der Waals surface area contributed by atoms with Gasteiger partial charge in [-0.15, -0.1) is 5.92 Å². The summed E-state index contributed by atoms with van der Waals surface area (Å²) in [6.07, 6.45) is 4.39. The van der Waals surface area contributed by atoms with E-state index in [0.717, 1.165) is 19.5 Å². The molecule has 72 valence electrons. The molecule has 0 saturated carbocycles. The molecular formula is C12H19N. The zero-order chi connectivity index (χ0) is 9.73. The minimum absolute atomic E-state index is 0.327. The highest BCUT2D eigenvalue weighted by atomic mass is 14.9. The van der Waals surface area contributed by atoms with Crippen molar-refractivity contribution in [2.24, 2.45) is 5.41 Å². The molecule has 0 spiro atoms. The fraction of sp³-hybridized carbons (Fsp3) is 0.667. The standard InChI is InChI=1S/C12H19N/c1-4-5-6-7-11-8-9-13-10-12(11,2)3/h7,13H,6,8-10H2,1-3H3/b11-7-. The fourth-order valence-corrected chi connectivity index (χ4v) is 1.73. The summed E-state index contributed by atoms with van der Waals surface area (Å²) in [6.45, 7) is 8.70. The molecule has 1 aliphatic heterocycles. The van der Waals surface area contributed by atoms with Gasteiger partial charge >= 0.3 is 0 Å². The van der Waals surface area contributed by atoms with Gasteiger partial charge in [0.25, 0.3) is 0 Å². The van der Waals surface area contributed by atoms with Gasteiger partial charge in [0.2, 0.25) is 0 Å². The Hall–Kier alpha value is -0.740. The summed E-state index contributed by atoms with van der Waals surface area (Å²) in [5.41, 5.74) is 1.89. The molecule has 0 radical (unpaired) electrons. The molecule has 1 heterocycles. The Morgan fingerprint density at radius 2 is 2.31 bits per heavy atom. The van der Waals surface area contributed by atoms with Crippen molar-refractivity contribution < 1.29 is 0 Å². The number of nitrogens with one attached hydrogen (secondary N) is 1. The van der Waals surface area contributed by atoms with Crippen LogP contribution < -0.4 is 5.32 Å². The Morgan fingerprint density at radius 3 is 2.92 bits per heavy atom. The maximum Gasteiger partial charge on any atom is 0.0272 e. The molecule has 0 atom stereocenters. The molecule has 1 nitrogen and oxygen atoms in total. The molecule has 0 aromatic rings. The Bertz CT molecular complexity index is 250. The first-order valence-corrected chi connectivity index (χ1v) is 4.96. The van der Waals surface area contributed by atoms with Gasteiger partial charge in [-0.2, -0.15) is 0 Å². The maximum absolute atomic E-state index is 3.42. The lowest BCUT2D eigenvalue weighted by Crippen LogP contribution is -2.37. The van der Waals surface area contributed by atoms with Crippen molar-refractivity contribution in [3.63, 3.8) is 0 Å². The molecule has 0 aliphatic carbocycles. The average Bonchev–Trinajstić information content (AvgIpc) is 2.08. The molecule has 1 aliphatic rings. The van der Waals surface area contributed by atoms with Crippen molar-refractivity contribution in [2.45, 2.75) is 33.6 Å². The van der Waals surface area contributed by atoms with Crippen LogP contribution in [0.1, 0.15) is 33.6 Å². The predicted octanol–water partition coefficient (Wildman–Crippen LogP) is 2.35. The second-order valence-electron chi connectivity index (χ2n) is 4.17. The second kappa shape index (κ2) is 4.48. The van der Waals surface area contributed by atoms with E-state index >= 15 is 0 Å².